The van der Waals surface area contributed by atoms with Gasteiger partial charge in [0.2, 0.25) is 5.91 Å². The molecule has 3 rings (SSSR count). The maximum Gasteiger partial charge on any atom is 0.279 e. The number of carbonyl (C=O) groups excluding carboxylic acids is 2. The molecule has 29 heavy (non-hydrogen) atoms. The molecule has 1 aliphatic rings. The zero-order valence-corrected chi connectivity index (χ0v) is 17.5. The Bertz CT molecular complexity index is 835. The Balaban J connectivity index is 1.64. The van der Waals surface area contributed by atoms with Gasteiger partial charge in [0, 0.05) is 12.0 Å². The van der Waals surface area contributed by atoms with Crippen LogP contribution in [0.2, 0.25) is 0 Å². The van der Waals surface area contributed by atoms with E-state index < -0.39 is 6.04 Å². The number of nitrogens with one attached hydrogen (secondary N) is 2. The SMILES string of the molecule is CC(C)C[C@@H](NC(=O)[C@@H]1Cc2ccccc2C[NH2+]1)C(=O)N[C@@H](C)c1ccccc1. The summed E-state index contributed by atoms with van der Waals surface area (Å²) in [5, 5.41) is 8.15. The minimum Gasteiger partial charge on any atom is -0.348 e. The van der Waals surface area contributed by atoms with E-state index in [1.807, 2.05) is 49.4 Å². The number of hydrogen-bond acceptors (Lipinski definition) is 2. The van der Waals surface area contributed by atoms with Crippen LogP contribution in [-0.4, -0.2) is 23.9 Å². The van der Waals surface area contributed by atoms with Crippen LogP contribution in [0.3, 0.4) is 0 Å². The van der Waals surface area contributed by atoms with Gasteiger partial charge in [0.15, 0.2) is 6.04 Å². The van der Waals surface area contributed by atoms with Gasteiger partial charge in [-0.2, -0.15) is 0 Å². The van der Waals surface area contributed by atoms with Crippen LogP contribution in [0.5, 0.6) is 0 Å². The van der Waals surface area contributed by atoms with Gasteiger partial charge < -0.3 is 16.0 Å². The predicted octanol–water partition coefficient (Wildman–Crippen LogP) is 2.08. The molecular weight excluding hydrogens is 362 g/mol. The monoisotopic (exact) mass is 394 g/mol. The van der Waals surface area contributed by atoms with Crippen molar-refractivity contribution >= 4 is 11.8 Å². The molecule has 1 heterocycles. The van der Waals surface area contributed by atoms with Crippen molar-refractivity contribution in [3.8, 4) is 0 Å². The van der Waals surface area contributed by atoms with Crippen molar-refractivity contribution in [3.05, 3.63) is 71.3 Å². The van der Waals surface area contributed by atoms with Gasteiger partial charge in [0.05, 0.1) is 6.04 Å². The van der Waals surface area contributed by atoms with E-state index in [0.29, 0.717) is 18.8 Å². The molecule has 0 radical (unpaired) electrons. The van der Waals surface area contributed by atoms with Crippen LogP contribution in [0.15, 0.2) is 54.6 Å². The second kappa shape index (κ2) is 9.70. The van der Waals surface area contributed by atoms with Crippen LogP contribution >= 0.6 is 0 Å². The first-order chi connectivity index (χ1) is 13.9. The van der Waals surface area contributed by atoms with Gasteiger partial charge in [-0.05, 0) is 30.4 Å². The first kappa shape index (κ1) is 21.1. The molecule has 1 aliphatic heterocycles. The molecule has 0 fully saturated rings. The van der Waals surface area contributed by atoms with Crippen molar-refractivity contribution in [1.82, 2.24) is 10.6 Å². The maximum absolute atomic E-state index is 12.9. The average molecular weight is 395 g/mol. The van der Waals surface area contributed by atoms with Crippen LogP contribution in [0, 0.1) is 5.92 Å². The highest BCUT2D eigenvalue weighted by molar-refractivity contribution is 5.89. The average Bonchev–Trinajstić information content (AvgIpc) is 2.73. The highest BCUT2D eigenvalue weighted by Crippen LogP contribution is 2.15. The molecule has 4 N–H and O–H groups in total. The number of rotatable bonds is 7. The molecule has 0 aromatic heterocycles. The summed E-state index contributed by atoms with van der Waals surface area (Å²) in [6.45, 7) is 6.89. The Morgan fingerprint density at radius 1 is 0.966 bits per heavy atom. The smallest absolute Gasteiger partial charge is 0.279 e. The van der Waals surface area contributed by atoms with E-state index >= 15 is 0 Å². The molecule has 0 aliphatic carbocycles. The van der Waals surface area contributed by atoms with Crippen molar-refractivity contribution in [2.24, 2.45) is 5.92 Å². The molecule has 0 spiro atoms. The lowest BCUT2D eigenvalue weighted by molar-refractivity contribution is -0.695. The summed E-state index contributed by atoms with van der Waals surface area (Å²) in [5.74, 6) is 0.112. The summed E-state index contributed by atoms with van der Waals surface area (Å²) < 4.78 is 0. The molecule has 3 atom stereocenters. The second-order valence-corrected chi connectivity index (χ2v) is 8.35. The number of nitrogens with two attached hydrogens (primary N) is 1. The van der Waals surface area contributed by atoms with E-state index in [9.17, 15) is 9.59 Å². The number of benzene rings is 2. The fourth-order valence-corrected chi connectivity index (χ4v) is 3.87. The van der Waals surface area contributed by atoms with Gasteiger partial charge in [-0.1, -0.05) is 68.4 Å². The highest BCUT2D eigenvalue weighted by Gasteiger charge is 2.31. The minimum atomic E-state index is -0.528. The molecule has 2 amide bonds. The minimum absolute atomic E-state index is 0.0623. The topological polar surface area (TPSA) is 74.8 Å². The maximum atomic E-state index is 12.9. The van der Waals surface area contributed by atoms with Gasteiger partial charge in [0.1, 0.15) is 12.6 Å². The largest absolute Gasteiger partial charge is 0.348 e. The normalized spacial score (nSPS) is 17.9. The lowest BCUT2D eigenvalue weighted by Gasteiger charge is -2.26. The van der Waals surface area contributed by atoms with E-state index in [4.69, 9.17) is 0 Å². The van der Waals surface area contributed by atoms with Crippen molar-refractivity contribution in [2.75, 3.05) is 0 Å². The second-order valence-electron chi connectivity index (χ2n) is 8.35. The Morgan fingerprint density at radius 3 is 2.31 bits per heavy atom. The van der Waals surface area contributed by atoms with Crippen molar-refractivity contribution in [3.63, 3.8) is 0 Å². The van der Waals surface area contributed by atoms with E-state index in [1.54, 1.807) is 0 Å². The van der Waals surface area contributed by atoms with Crippen LogP contribution in [0.25, 0.3) is 0 Å². The Hall–Kier alpha value is -2.66. The number of amides is 2. The van der Waals surface area contributed by atoms with E-state index in [0.717, 1.165) is 12.1 Å². The summed E-state index contributed by atoms with van der Waals surface area (Å²) in [7, 11) is 0. The van der Waals surface area contributed by atoms with Gasteiger partial charge in [-0.3, -0.25) is 9.59 Å². The summed E-state index contributed by atoms with van der Waals surface area (Å²) in [6.07, 6.45) is 1.31. The van der Waals surface area contributed by atoms with E-state index in [1.165, 1.54) is 11.1 Å². The van der Waals surface area contributed by atoms with Crippen LogP contribution in [-0.2, 0) is 22.6 Å². The van der Waals surface area contributed by atoms with E-state index in [2.05, 4.69) is 41.9 Å². The third-order valence-corrected chi connectivity index (χ3v) is 5.52. The standard InChI is InChI=1S/C24H31N3O2/c1-16(2)13-22(24(29)26-17(3)18-9-5-4-6-10-18)27-23(28)21-14-19-11-7-8-12-20(19)15-25-21/h4-12,16-17,21-22,25H,13-15H2,1-3H3,(H,26,29)(H,27,28)/p+1/t17-,21-,22+/m0/s1. The van der Waals surface area contributed by atoms with Crippen LogP contribution < -0.4 is 16.0 Å². The number of carbonyl (C=O) groups is 2. The third kappa shape index (κ3) is 5.67. The first-order valence-corrected chi connectivity index (χ1v) is 10.5. The quantitative estimate of drug-likeness (QED) is 0.673. The molecule has 5 nitrogen and oxygen atoms in total. The third-order valence-electron chi connectivity index (χ3n) is 5.52. The van der Waals surface area contributed by atoms with Gasteiger partial charge in [-0.25, -0.2) is 0 Å². The molecule has 0 saturated heterocycles. The Labute approximate surface area is 173 Å². The van der Waals surface area contributed by atoms with Crippen molar-refractivity contribution < 1.29 is 14.9 Å². The molecule has 154 valence electrons. The number of fused-ring (bicyclic) bond motifs is 1. The Kier molecular flexibility index (Phi) is 7.04. The summed E-state index contributed by atoms with van der Waals surface area (Å²) in [5.41, 5.74) is 3.55. The van der Waals surface area contributed by atoms with Crippen molar-refractivity contribution in [2.45, 2.75) is 58.3 Å². The lowest BCUT2D eigenvalue weighted by atomic mass is 9.95. The molecule has 0 unspecified atom stereocenters. The first-order valence-electron chi connectivity index (χ1n) is 10.5. The van der Waals surface area contributed by atoms with Crippen molar-refractivity contribution in [1.29, 1.82) is 0 Å². The highest BCUT2D eigenvalue weighted by atomic mass is 16.2. The van der Waals surface area contributed by atoms with Gasteiger partial charge in [-0.15, -0.1) is 0 Å². The molecule has 0 saturated carbocycles. The van der Waals surface area contributed by atoms with Gasteiger partial charge >= 0.3 is 0 Å². The lowest BCUT2D eigenvalue weighted by Crippen LogP contribution is -2.93. The molecule has 0 bridgehead atoms. The number of quaternary nitrogens is 1. The van der Waals surface area contributed by atoms with Crippen LogP contribution in [0.1, 0.15) is 49.9 Å². The molecule has 5 heteroatoms. The summed E-state index contributed by atoms with van der Waals surface area (Å²) >= 11 is 0. The van der Waals surface area contributed by atoms with Crippen LogP contribution in [0.4, 0.5) is 0 Å². The summed E-state index contributed by atoms with van der Waals surface area (Å²) in [4.78, 5) is 25.9. The zero-order chi connectivity index (χ0) is 20.8. The fraction of sp³-hybridized carbons (Fsp3) is 0.417. The Morgan fingerprint density at radius 2 is 1.62 bits per heavy atom. The molecule has 2 aromatic rings. The van der Waals surface area contributed by atoms with E-state index in [-0.39, 0.29) is 23.9 Å². The fourth-order valence-electron chi connectivity index (χ4n) is 3.87. The molecule has 2 aromatic carbocycles. The number of hydrogen-bond donors (Lipinski definition) is 3. The molecular formula is C24H32N3O2+. The van der Waals surface area contributed by atoms with Gasteiger partial charge in [0.25, 0.3) is 5.91 Å². The predicted molar refractivity (Wildman–Crippen MR) is 114 cm³/mol. The zero-order valence-electron chi connectivity index (χ0n) is 17.5. The summed E-state index contributed by atoms with van der Waals surface area (Å²) in [6, 6.07) is 17.3.